The molecule has 0 amide bonds. The minimum absolute atomic E-state index is 0.103. The summed E-state index contributed by atoms with van der Waals surface area (Å²) >= 11 is 0. The summed E-state index contributed by atoms with van der Waals surface area (Å²) in [5.74, 6) is -0.0898. The molecule has 0 saturated heterocycles. The maximum Gasteiger partial charge on any atom is 0.345 e. The van der Waals surface area contributed by atoms with Crippen LogP contribution in [0.15, 0.2) is 12.3 Å². The van der Waals surface area contributed by atoms with Crippen LogP contribution in [0.1, 0.15) is 10.4 Å². The molecule has 0 bridgehead atoms. The lowest BCUT2D eigenvalue weighted by molar-refractivity contribution is 0.0598. The van der Waals surface area contributed by atoms with Crippen LogP contribution >= 0.6 is 0 Å². The van der Waals surface area contributed by atoms with E-state index in [-0.39, 0.29) is 11.4 Å². The summed E-state index contributed by atoms with van der Waals surface area (Å²) in [7, 11) is 2.72. The number of rotatable bonds is 2. The van der Waals surface area contributed by atoms with Crippen molar-refractivity contribution in [1.82, 2.24) is 4.98 Å². The van der Waals surface area contributed by atoms with E-state index in [1.165, 1.54) is 20.4 Å². The Morgan fingerprint density at radius 3 is 2.77 bits per heavy atom. The third kappa shape index (κ3) is 1.69. The fourth-order valence-electron chi connectivity index (χ4n) is 0.937. The smallest absolute Gasteiger partial charge is 0.345 e. The Bertz CT molecular complexity index is 325. The van der Waals surface area contributed by atoms with Crippen molar-refractivity contribution in [3.8, 4) is 5.75 Å². The SMILES string of the molecule is COC(=O)c1c(OC)ccnc1N. The predicted molar refractivity (Wildman–Crippen MR) is 46.5 cm³/mol. The number of nitrogen functional groups attached to an aromatic ring is 1. The number of methoxy groups -OCH3 is 2. The second-order valence-corrected chi connectivity index (χ2v) is 2.27. The largest absolute Gasteiger partial charge is 0.496 e. The van der Waals surface area contributed by atoms with Crippen LogP contribution in [-0.4, -0.2) is 25.2 Å². The van der Waals surface area contributed by atoms with Gasteiger partial charge in [-0.3, -0.25) is 0 Å². The highest BCUT2D eigenvalue weighted by molar-refractivity contribution is 5.97. The second-order valence-electron chi connectivity index (χ2n) is 2.27. The number of nitrogens with zero attached hydrogens (tertiary/aromatic N) is 1. The third-order valence-corrected chi connectivity index (χ3v) is 1.55. The zero-order chi connectivity index (χ0) is 9.84. The van der Waals surface area contributed by atoms with Crippen LogP contribution in [-0.2, 0) is 4.74 Å². The van der Waals surface area contributed by atoms with Crippen molar-refractivity contribution >= 4 is 11.8 Å². The summed E-state index contributed by atoms with van der Waals surface area (Å²) < 4.78 is 9.45. The molecular formula is C8H10N2O3. The maximum absolute atomic E-state index is 11.2. The molecule has 5 heteroatoms. The van der Waals surface area contributed by atoms with E-state index in [1.54, 1.807) is 6.07 Å². The first kappa shape index (κ1) is 9.31. The first-order chi connectivity index (χ1) is 6.20. The lowest BCUT2D eigenvalue weighted by Crippen LogP contribution is -2.09. The Labute approximate surface area is 75.5 Å². The van der Waals surface area contributed by atoms with Gasteiger partial charge in [-0.2, -0.15) is 0 Å². The van der Waals surface area contributed by atoms with Crippen molar-refractivity contribution in [3.63, 3.8) is 0 Å². The molecule has 0 fully saturated rings. The molecule has 1 aromatic heterocycles. The maximum atomic E-state index is 11.2. The molecule has 0 radical (unpaired) electrons. The molecule has 0 aromatic carbocycles. The van der Waals surface area contributed by atoms with E-state index in [4.69, 9.17) is 10.5 Å². The first-order valence-corrected chi connectivity index (χ1v) is 3.57. The summed E-state index contributed by atoms with van der Waals surface area (Å²) in [6.45, 7) is 0. The molecule has 2 N–H and O–H groups in total. The van der Waals surface area contributed by atoms with Gasteiger partial charge in [-0.15, -0.1) is 0 Å². The molecule has 0 aliphatic carbocycles. The van der Waals surface area contributed by atoms with E-state index in [9.17, 15) is 4.79 Å². The normalized spacial score (nSPS) is 9.38. The number of hydrogen-bond donors (Lipinski definition) is 1. The van der Waals surface area contributed by atoms with E-state index in [0.717, 1.165) is 0 Å². The lowest BCUT2D eigenvalue weighted by atomic mass is 10.2. The van der Waals surface area contributed by atoms with Crippen molar-refractivity contribution in [2.24, 2.45) is 0 Å². The molecule has 13 heavy (non-hydrogen) atoms. The number of carbonyl (C=O) groups is 1. The van der Waals surface area contributed by atoms with Crippen molar-refractivity contribution in [3.05, 3.63) is 17.8 Å². The molecule has 0 spiro atoms. The predicted octanol–water partition coefficient (Wildman–Crippen LogP) is 0.459. The van der Waals surface area contributed by atoms with E-state index in [1.807, 2.05) is 0 Å². The molecule has 0 unspecified atom stereocenters. The number of hydrogen-bond acceptors (Lipinski definition) is 5. The molecule has 0 atom stereocenters. The number of ether oxygens (including phenoxy) is 2. The van der Waals surface area contributed by atoms with Gasteiger partial charge in [-0.25, -0.2) is 9.78 Å². The van der Waals surface area contributed by atoms with Gasteiger partial charge < -0.3 is 15.2 Å². The highest BCUT2D eigenvalue weighted by Gasteiger charge is 2.16. The topological polar surface area (TPSA) is 74.4 Å². The number of esters is 1. The van der Waals surface area contributed by atoms with Gasteiger partial charge in [0.1, 0.15) is 17.1 Å². The molecule has 0 aliphatic rings. The van der Waals surface area contributed by atoms with Crippen LogP contribution in [0.25, 0.3) is 0 Å². The highest BCUT2D eigenvalue weighted by Crippen LogP contribution is 2.22. The van der Waals surface area contributed by atoms with Crippen molar-refractivity contribution in [2.45, 2.75) is 0 Å². The molecule has 5 nitrogen and oxygen atoms in total. The van der Waals surface area contributed by atoms with Crippen LogP contribution in [0.4, 0.5) is 5.82 Å². The number of aromatic nitrogens is 1. The number of carbonyl (C=O) groups excluding carboxylic acids is 1. The monoisotopic (exact) mass is 182 g/mol. The Morgan fingerprint density at radius 1 is 1.54 bits per heavy atom. The summed E-state index contributed by atoms with van der Waals surface area (Å²) in [5.41, 5.74) is 5.64. The van der Waals surface area contributed by atoms with Crippen molar-refractivity contribution in [2.75, 3.05) is 20.0 Å². The average Bonchev–Trinajstić information content (AvgIpc) is 2.16. The van der Waals surface area contributed by atoms with Gasteiger partial charge in [0, 0.05) is 6.20 Å². The second kappa shape index (κ2) is 3.75. The van der Waals surface area contributed by atoms with E-state index in [0.29, 0.717) is 5.75 Å². The number of pyridine rings is 1. The molecule has 1 rings (SSSR count). The summed E-state index contributed by atoms with van der Waals surface area (Å²) in [6.07, 6.45) is 1.46. The van der Waals surface area contributed by atoms with Gasteiger partial charge >= 0.3 is 5.97 Å². The highest BCUT2D eigenvalue weighted by atomic mass is 16.5. The first-order valence-electron chi connectivity index (χ1n) is 3.57. The molecule has 70 valence electrons. The van der Waals surface area contributed by atoms with Gasteiger partial charge in [0.15, 0.2) is 0 Å². The minimum Gasteiger partial charge on any atom is -0.496 e. The van der Waals surface area contributed by atoms with Crippen LogP contribution in [0.2, 0.25) is 0 Å². The van der Waals surface area contributed by atoms with Crippen LogP contribution in [0.5, 0.6) is 5.75 Å². The minimum atomic E-state index is -0.553. The van der Waals surface area contributed by atoms with Gasteiger partial charge in [-0.1, -0.05) is 0 Å². The van der Waals surface area contributed by atoms with Gasteiger partial charge in [0.25, 0.3) is 0 Å². The number of anilines is 1. The standard InChI is InChI=1S/C8H10N2O3/c1-12-5-3-4-10-7(9)6(5)8(11)13-2/h3-4H,1-2H3,(H2,9,10). The summed E-state index contributed by atoms with van der Waals surface area (Å²) in [4.78, 5) is 14.9. The van der Waals surface area contributed by atoms with E-state index < -0.39 is 5.97 Å². The summed E-state index contributed by atoms with van der Waals surface area (Å²) in [5, 5.41) is 0. The van der Waals surface area contributed by atoms with Gasteiger partial charge in [0.2, 0.25) is 0 Å². The van der Waals surface area contributed by atoms with Crippen molar-refractivity contribution in [1.29, 1.82) is 0 Å². The molecule has 1 heterocycles. The van der Waals surface area contributed by atoms with Gasteiger partial charge in [-0.05, 0) is 6.07 Å². The van der Waals surface area contributed by atoms with Crippen LogP contribution in [0.3, 0.4) is 0 Å². The molecule has 0 aliphatic heterocycles. The Hall–Kier alpha value is -1.78. The summed E-state index contributed by atoms with van der Waals surface area (Å²) in [6, 6.07) is 1.54. The zero-order valence-electron chi connectivity index (χ0n) is 7.40. The fourth-order valence-corrected chi connectivity index (χ4v) is 0.937. The average molecular weight is 182 g/mol. The van der Waals surface area contributed by atoms with Gasteiger partial charge in [0.05, 0.1) is 14.2 Å². The molecule has 1 aromatic rings. The Kier molecular flexibility index (Phi) is 2.69. The Balaban J connectivity index is 3.22. The van der Waals surface area contributed by atoms with E-state index in [2.05, 4.69) is 9.72 Å². The third-order valence-electron chi connectivity index (χ3n) is 1.55. The fraction of sp³-hybridized carbons (Fsp3) is 0.250. The quantitative estimate of drug-likeness (QED) is 0.672. The van der Waals surface area contributed by atoms with E-state index >= 15 is 0 Å². The van der Waals surface area contributed by atoms with Crippen LogP contribution in [0, 0.1) is 0 Å². The Morgan fingerprint density at radius 2 is 2.23 bits per heavy atom. The van der Waals surface area contributed by atoms with Crippen molar-refractivity contribution < 1.29 is 14.3 Å². The van der Waals surface area contributed by atoms with Crippen LogP contribution < -0.4 is 10.5 Å². The zero-order valence-corrected chi connectivity index (χ0v) is 7.40. The molecular weight excluding hydrogens is 172 g/mol. The molecule has 0 saturated carbocycles. The number of nitrogens with two attached hydrogens (primary N) is 1. The lowest BCUT2D eigenvalue weighted by Gasteiger charge is -2.07.